The van der Waals surface area contributed by atoms with Crippen molar-refractivity contribution < 1.29 is 23.8 Å². The lowest BCUT2D eigenvalue weighted by molar-refractivity contribution is 0.0244. The molecule has 1 unspecified atom stereocenters. The van der Waals surface area contributed by atoms with E-state index < -0.39 is 23.0 Å². The molecule has 3 rings (SSSR count). The predicted molar refractivity (Wildman–Crippen MR) is 156 cm³/mol. The second-order valence-electron chi connectivity index (χ2n) is 12.4. The Morgan fingerprint density at radius 2 is 1.73 bits per heavy atom. The quantitative estimate of drug-likeness (QED) is 0.127. The molecule has 0 spiro atoms. The minimum absolute atomic E-state index is 0.0900. The second-order valence-corrected chi connectivity index (χ2v) is 12.4. The average molecular weight is 571 g/mol. The molecule has 1 aliphatic heterocycles. The number of pyridine rings is 1. The summed E-state index contributed by atoms with van der Waals surface area (Å²) >= 11 is 0. The van der Waals surface area contributed by atoms with Crippen molar-refractivity contribution in [1.82, 2.24) is 9.58 Å². The van der Waals surface area contributed by atoms with Gasteiger partial charge in [0, 0.05) is 35.6 Å². The molecule has 2 aromatic rings. The first kappa shape index (κ1) is 31.8. The van der Waals surface area contributed by atoms with Crippen molar-refractivity contribution in [1.29, 1.82) is 0 Å². The number of hydrogen-bond acceptors (Lipinski definition) is 8. The maximum atomic E-state index is 12.7. The number of unbranched alkanes of at least 4 members (excludes halogenated alkanes) is 3. The zero-order chi connectivity index (χ0) is 30.5. The van der Waals surface area contributed by atoms with Crippen LogP contribution in [0, 0.1) is 10.3 Å². The number of amides is 2. The molecule has 1 aliphatic rings. The third-order valence-corrected chi connectivity index (χ3v) is 6.99. The lowest BCUT2D eigenvalue weighted by Gasteiger charge is -2.39. The summed E-state index contributed by atoms with van der Waals surface area (Å²) in [6.07, 6.45) is 4.88. The van der Waals surface area contributed by atoms with Crippen LogP contribution in [0.4, 0.5) is 4.79 Å². The van der Waals surface area contributed by atoms with Crippen molar-refractivity contribution in [2.45, 2.75) is 85.3 Å². The highest BCUT2D eigenvalue weighted by Crippen LogP contribution is 2.45. The third kappa shape index (κ3) is 7.93. The van der Waals surface area contributed by atoms with Crippen LogP contribution in [-0.4, -0.2) is 47.4 Å². The number of ether oxygens (including phenoxy) is 3. The average Bonchev–Trinajstić information content (AvgIpc) is 2.89. The van der Waals surface area contributed by atoms with Crippen molar-refractivity contribution in [3.63, 3.8) is 0 Å². The van der Waals surface area contributed by atoms with Gasteiger partial charge in [-0.05, 0) is 69.6 Å². The highest BCUT2D eigenvalue weighted by atomic mass is 16.6. The Kier molecular flexibility index (Phi) is 9.96. The molecule has 0 radical (unpaired) electrons. The van der Waals surface area contributed by atoms with Gasteiger partial charge in [0.25, 0.3) is 0 Å². The van der Waals surface area contributed by atoms with E-state index >= 15 is 0 Å². The highest BCUT2D eigenvalue weighted by Gasteiger charge is 2.34. The van der Waals surface area contributed by atoms with Crippen molar-refractivity contribution in [3.8, 4) is 22.8 Å². The molecular weight excluding hydrogens is 528 g/mol. The van der Waals surface area contributed by atoms with Crippen LogP contribution in [0.5, 0.6) is 11.5 Å². The molecule has 1 atom stereocenters. The van der Waals surface area contributed by atoms with Crippen LogP contribution in [-0.2, 0) is 11.2 Å². The minimum Gasteiger partial charge on any atom is -0.493 e. The molecule has 1 aromatic carbocycles. The van der Waals surface area contributed by atoms with Crippen LogP contribution >= 0.6 is 0 Å². The van der Waals surface area contributed by atoms with Gasteiger partial charge in [-0.1, -0.05) is 27.2 Å². The number of fused-ring (bicyclic) bond motifs is 3. The molecule has 2 heterocycles. The van der Waals surface area contributed by atoms with E-state index in [2.05, 4.69) is 25.9 Å². The first-order valence-electron chi connectivity index (χ1n) is 13.9. The van der Waals surface area contributed by atoms with Gasteiger partial charge in [-0.15, -0.1) is 4.91 Å². The SMILES string of the molecule is COc1cc2c(cc1OCCCCCCN(N)C(=O)OC(C)(C)C)CC(C(C)(C)C)n1cc(C(=O)N=O)c(=O)cc1-2. The summed E-state index contributed by atoms with van der Waals surface area (Å²) in [5.41, 5.74) is 0.849. The largest absolute Gasteiger partial charge is 0.493 e. The number of carbonyl (C=O) groups excluding carboxylic acids is 2. The Bertz CT molecular complexity index is 1340. The van der Waals surface area contributed by atoms with Crippen LogP contribution in [0.25, 0.3) is 11.3 Å². The molecule has 0 aliphatic carbocycles. The molecule has 1 aromatic heterocycles. The van der Waals surface area contributed by atoms with E-state index in [1.807, 2.05) is 16.7 Å². The molecule has 2 amide bonds. The van der Waals surface area contributed by atoms with Gasteiger partial charge in [0.2, 0.25) is 0 Å². The molecule has 0 saturated heterocycles. The standard InChI is InChI=1S/C30H42N4O7/c1-29(2,3)26-15-19-14-25(40-13-11-9-8-10-12-34(31)28(37)41-30(4,5)6)24(39-7)16-20(19)22-17-23(35)21(18-33(22)26)27(36)32-38/h14,16-18,26H,8-13,15,31H2,1-7H3. The summed E-state index contributed by atoms with van der Waals surface area (Å²) in [6, 6.07) is 5.11. The zero-order valence-electron chi connectivity index (χ0n) is 25.1. The topological polar surface area (TPSA) is 143 Å². The van der Waals surface area contributed by atoms with E-state index in [1.54, 1.807) is 27.9 Å². The van der Waals surface area contributed by atoms with Crippen LogP contribution in [0.15, 0.2) is 34.4 Å². The minimum atomic E-state index is -1.08. The number of nitrogens with two attached hydrogens (primary N) is 1. The molecule has 41 heavy (non-hydrogen) atoms. The summed E-state index contributed by atoms with van der Waals surface area (Å²) in [5, 5.41) is 3.56. The lowest BCUT2D eigenvalue weighted by atomic mass is 9.78. The normalized spacial score (nSPS) is 14.5. The fourth-order valence-corrected chi connectivity index (χ4v) is 4.88. The summed E-state index contributed by atoms with van der Waals surface area (Å²) in [5.74, 6) is 5.87. The van der Waals surface area contributed by atoms with E-state index in [1.165, 1.54) is 12.3 Å². The molecule has 11 heteroatoms. The maximum absolute atomic E-state index is 12.7. The van der Waals surface area contributed by atoms with Crippen LogP contribution in [0.3, 0.4) is 0 Å². The number of nitrogens with zero attached hydrogens (tertiary/aromatic N) is 3. The number of hydrazine groups is 1. The summed E-state index contributed by atoms with van der Waals surface area (Å²) in [7, 11) is 1.56. The smallest absolute Gasteiger partial charge is 0.424 e. The molecule has 224 valence electrons. The van der Waals surface area contributed by atoms with Crippen LogP contribution in [0.1, 0.15) is 89.2 Å². The van der Waals surface area contributed by atoms with Gasteiger partial charge in [-0.25, -0.2) is 15.6 Å². The van der Waals surface area contributed by atoms with Gasteiger partial charge in [0.05, 0.1) is 19.4 Å². The molecule has 2 N–H and O–H groups in total. The van der Waals surface area contributed by atoms with Gasteiger partial charge in [-0.2, -0.15) is 0 Å². The van der Waals surface area contributed by atoms with E-state index in [0.717, 1.165) is 41.8 Å². The Balaban J connectivity index is 1.70. The number of aromatic nitrogens is 1. The lowest BCUT2D eigenvalue weighted by Crippen LogP contribution is -2.42. The summed E-state index contributed by atoms with van der Waals surface area (Å²) in [6.45, 7) is 12.5. The first-order chi connectivity index (χ1) is 19.2. The molecular formula is C30H42N4O7. The molecule has 0 bridgehead atoms. The second kappa shape index (κ2) is 12.8. The monoisotopic (exact) mass is 570 g/mol. The van der Waals surface area contributed by atoms with Gasteiger partial charge in [-0.3, -0.25) is 9.59 Å². The number of methoxy groups -OCH3 is 1. The molecule has 0 fully saturated rings. The number of carbonyl (C=O) groups is 2. The Morgan fingerprint density at radius 1 is 1.05 bits per heavy atom. The van der Waals surface area contributed by atoms with Gasteiger partial charge in [0.1, 0.15) is 11.2 Å². The van der Waals surface area contributed by atoms with Gasteiger partial charge >= 0.3 is 12.0 Å². The predicted octanol–water partition coefficient (Wildman–Crippen LogP) is 5.62. The van der Waals surface area contributed by atoms with Crippen LogP contribution < -0.4 is 20.7 Å². The van der Waals surface area contributed by atoms with Gasteiger partial charge in [0.15, 0.2) is 16.9 Å². The Hall–Kier alpha value is -3.73. The fourth-order valence-electron chi connectivity index (χ4n) is 4.88. The van der Waals surface area contributed by atoms with Crippen molar-refractivity contribution in [2.24, 2.45) is 16.4 Å². The number of nitroso groups, excluding NO2 is 1. The van der Waals surface area contributed by atoms with E-state index in [0.29, 0.717) is 36.8 Å². The number of rotatable bonds is 10. The zero-order valence-corrected chi connectivity index (χ0v) is 25.1. The van der Waals surface area contributed by atoms with E-state index in [9.17, 15) is 19.3 Å². The highest BCUT2D eigenvalue weighted by molar-refractivity contribution is 5.94. The van der Waals surface area contributed by atoms with Crippen molar-refractivity contribution in [2.75, 3.05) is 20.3 Å². The van der Waals surface area contributed by atoms with Crippen molar-refractivity contribution in [3.05, 3.63) is 50.7 Å². The van der Waals surface area contributed by atoms with E-state index in [-0.39, 0.29) is 17.0 Å². The maximum Gasteiger partial charge on any atom is 0.424 e. The summed E-state index contributed by atoms with van der Waals surface area (Å²) in [4.78, 5) is 47.6. The summed E-state index contributed by atoms with van der Waals surface area (Å²) < 4.78 is 18.9. The molecule has 0 saturated carbocycles. The van der Waals surface area contributed by atoms with E-state index in [4.69, 9.17) is 20.1 Å². The Labute approximate surface area is 240 Å². The number of benzene rings is 1. The third-order valence-electron chi connectivity index (χ3n) is 6.99. The fraction of sp³-hybridized carbons (Fsp3) is 0.567. The van der Waals surface area contributed by atoms with Crippen molar-refractivity contribution >= 4 is 12.0 Å². The first-order valence-corrected chi connectivity index (χ1v) is 13.9. The van der Waals surface area contributed by atoms with Gasteiger partial charge < -0.3 is 18.8 Å². The molecule has 11 nitrogen and oxygen atoms in total. The number of hydrogen-bond donors (Lipinski definition) is 1. The Morgan fingerprint density at radius 3 is 2.34 bits per heavy atom. The van der Waals surface area contributed by atoms with Crippen LogP contribution in [0.2, 0.25) is 0 Å².